The molecule has 0 spiro atoms. The quantitative estimate of drug-likeness (QED) is 0.654. The van der Waals surface area contributed by atoms with Gasteiger partial charge in [-0.25, -0.2) is 4.98 Å². The van der Waals surface area contributed by atoms with Crippen LogP contribution < -0.4 is 10.6 Å². The highest BCUT2D eigenvalue weighted by Gasteiger charge is 2.44. The van der Waals surface area contributed by atoms with E-state index in [1.807, 2.05) is 47.2 Å². The first-order valence-electron chi connectivity index (χ1n) is 10.2. The van der Waals surface area contributed by atoms with Crippen LogP contribution in [0.5, 0.6) is 0 Å². The SMILES string of the molecule is N#CC1(CC(=O)Nc2cccc3c2ccn3-c2ccnc(NC(=O)C3CC3)c2)CC1. The van der Waals surface area contributed by atoms with Gasteiger partial charge in [-0.3, -0.25) is 9.59 Å². The molecule has 2 amide bonds. The number of hydrogen-bond donors (Lipinski definition) is 2. The summed E-state index contributed by atoms with van der Waals surface area (Å²) in [5.41, 5.74) is 2.06. The Hall–Kier alpha value is -3.66. The summed E-state index contributed by atoms with van der Waals surface area (Å²) in [6, 6.07) is 13.7. The summed E-state index contributed by atoms with van der Waals surface area (Å²) < 4.78 is 2.00. The summed E-state index contributed by atoms with van der Waals surface area (Å²) in [6.07, 6.45) is 7.30. The Bertz CT molecular complexity index is 1200. The molecule has 2 fully saturated rings. The van der Waals surface area contributed by atoms with Crippen LogP contribution in [0.1, 0.15) is 32.1 Å². The Kier molecular flexibility index (Phi) is 4.28. The zero-order valence-corrected chi connectivity index (χ0v) is 16.4. The number of carbonyl (C=O) groups is 2. The van der Waals surface area contributed by atoms with Gasteiger partial charge in [-0.2, -0.15) is 5.26 Å². The molecule has 2 aliphatic rings. The van der Waals surface area contributed by atoms with Crippen LogP contribution in [0.15, 0.2) is 48.8 Å². The first kappa shape index (κ1) is 18.4. The molecule has 0 aliphatic heterocycles. The van der Waals surface area contributed by atoms with Crippen molar-refractivity contribution < 1.29 is 9.59 Å². The van der Waals surface area contributed by atoms with Gasteiger partial charge < -0.3 is 15.2 Å². The predicted molar refractivity (Wildman–Crippen MR) is 113 cm³/mol. The van der Waals surface area contributed by atoms with Crippen LogP contribution in [0.3, 0.4) is 0 Å². The van der Waals surface area contributed by atoms with Crippen molar-refractivity contribution >= 4 is 34.2 Å². The lowest BCUT2D eigenvalue weighted by Crippen LogP contribution is -2.16. The van der Waals surface area contributed by atoms with Crippen LogP contribution in [0, 0.1) is 22.7 Å². The molecule has 2 saturated carbocycles. The molecule has 0 saturated heterocycles. The van der Waals surface area contributed by atoms with Crippen LogP contribution in [-0.2, 0) is 9.59 Å². The maximum atomic E-state index is 12.4. The number of pyridine rings is 1. The fourth-order valence-corrected chi connectivity index (χ4v) is 3.69. The smallest absolute Gasteiger partial charge is 0.228 e. The van der Waals surface area contributed by atoms with Gasteiger partial charge in [0, 0.05) is 36.2 Å². The lowest BCUT2D eigenvalue weighted by atomic mass is 10.0. The number of hydrogen-bond acceptors (Lipinski definition) is 4. The highest BCUT2D eigenvalue weighted by atomic mass is 16.2. The van der Waals surface area contributed by atoms with Crippen molar-refractivity contribution in [2.75, 3.05) is 10.6 Å². The van der Waals surface area contributed by atoms with Crippen LogP contribution in [-0.4, -0.2) is 21.4 Å². The number of aromatic nitrogens is 2. The van der Waals surface area contributed by atoms with Gasteiger partial charge in [-0.05, 0) is 49.9 Å². The Morgan fingerprint density at radius 3 is 2.77 bits per heavy atom. The average molecular weight is 399 g/mol. The third-order valence-corrected chi connectivity index (χ3v) is 5.82. The summed E-state index contributed by atoms with van der Waals surface area (Å²) in [5, 5.41) is 16.0. The number of fused-ring (bicyclic) bond motifs is 1. The van der Waals surface area contributed by atoms with Crippen molar-refractivity contribution in [2.45, 2.75) is 32.1 Å². The maximum Gasteiger partial charge on any atom is 0.228 e. The van der Waals surface area contributed by atoms with Gasteiger partial charge in [0.05, 0.1) is 28.4 Å². The van der Waals surface area contributed by atoms with Gasteiger partial charge in [-0.15, -0.1) is 0 Å². The second-order valence-electron chi connectivity index (χ2n) is 8.20. The average Bonchev–Trinajstić information content (AvgIpc) is 3.67. The van der Waals surface area contributed by atoms with E-state index >= 15 is 0 Å². The van der Waals surface area contributed by atoms with Crippen LogP contribution in [0.2, 0.25) is 0 Å². The van der Waals surface area contributed by atoms with Crippen LogP contribution in [0.25, 0.3) is 16.6 Å². The van der Waals surface area contributed by atoms with Crippen molar-refractivity contribution in [3.63, 3.8) is 0 Å². The first-order chi connectivity index (χ1) is 14.6. The molecule has 0 bridgehead atoms. The van der Waals surface area contributed by atoms with E-state index in [0.29, 0.717) is 5.82 Å². The zero-order chi connectivity index (χ0) is 20.7. The van der Waals surface area contributed by atoms with Gasteiger partial charge in [0.2, 0.25) is 11.8 Å². The molecule has 150 valence electrons. The predicted octanol–water partition coefficient (Wildman–Crippen LogP) is 4.01. The number of benzene rings is 1. The molecule has 2 heterocycles. The van der Waals surface area contributed by atoms with E-state index in [-0.39, 0.29) is 24.2 Å². The molecule has 7 nitrogen and oxygen atoms in total. The van der Waals surface area contributed by atoms with Gasteiger partial charge >= 0.3 is 0 Å². The van der Waals surface area contributed by atoms with Crippen molar-refractivity contribution in [2.24, 2.45) is 11.3 Å². The minimum absolute atomic E-state index is 0.0211. The highest BCUT2D eigenvalue weighted by Crippen LogP contribution is 2.48. The van der Waals surface area contributed by atoms with Crippen molar-refractivity contribution in [3.8, 4) is 11.8 Å². The van der Waals surface area contributed by atoms with Crippen LogP contribution >= 0.6 is 0 Å². The van der Waals surface area contributed by atoms with Crippen molar-refractivity contribution in [1.29, 1.82) is 5.26 Å². The Morgan fingerprint density at radius 1 is 1.20 bits per heavy atom. The van der Waals surface area contributed by atoms with E-state index in [1.54, 1.807) is 6.20 Å². The van der Waals surface area contributed by atoms with Gasteiger partial charge in [0.15, 0.2) is 0 Å². The monoisotopic (exact) mass is 399 g/mol. The Balaban J connectivity index is 1.40. The molecule has 0 unspecified atom stereocenters. The van der Waals surface area contributed by atoms with E-state index < -0.39 is 5.41 Å². The number of carbonyl (C=O) groups excluding carboxylic acids is 2. The lowest BCUT2D eigenvalue weighted by Gasteiger charge is -2.11. The summed E-state index contributed by atoms with van der Waals surface area (Å²) in [6.45, 7) is 0. The molecule has 2 aliphatic carbocycles. The van der Waals surface area contributed by atoms with E-state index in [1.165, 1.54) is 0 Å². The number of nitrogens with zero attached hydrogens (tertiary/aromatic N) is 3. The number of rotatable bonds is 6. The molecule has 2 aromatic heterocycles. The van der Waals surface area contributed by atoms with E-state index in [2.05, 4.69) is 21.7 Å². The molecule has 30 heavy (non-hydrogen) atoms. The van der Waals surface area contributed by atoms with E-state index in [0.717, 1.165) is 48.0 Å². The first-order valence-corrected chi connectivity index (χ1v) is 10.2. The topological polar surface area (TPSA) is 99.8 Å². The minimum atomic E-state index is -0.470. The summed E-state index contributed by atoms with van der Waals surface area (Å²) in [4.78, 5) is 28.7. The normalized spacial score (nSPS) is 16.6. The second-order valence-corrected chi connectivity index (χ2v) is 8.20. The lowest BCUT2D eigenvalue weighted by molar-refractivity contribution is -0.118. The molecule has 0 radical (unpaired) electrons. The summed E-state index contributed by atoms with van der Waals surface area (Å²) >= 11 is 0. The van der Waals surface area contributed by atoms with Crippen molar-refractivity contribution in [3.05, 3.63) is 48.8 Å². The van der Waals surface area contributed by atoms with Gasteiger partial charge in [0.1, 0.15) is 5.82 Å². The molecule has 0 atom stereocenters. The number of anilines is 2. The minimum Gasteiger partial charge on any atom is -0.325 e. The maximum absolute atomic E-state index is 12.4. The fourth-order valence-electron chi connectivity index (χ4n) is 3.69. The second kappa shape index (κ2) is 6.99. The van der Waals surface area contributed by atoms with Gasteiger partial charge in [-0.1, -0.05) is 6.07 Å². The standard InChI is InChI=1S/C23H21N5O2/c24-14-23(8-9-23)13-21(29)26-18-2-1-3-19-17(18)7-11-28(19)16-6-10-25-20(12-16)27-22(30)15-4-5-15/h1-3,6-7,10-12,15H,4-5,8-9,13H2,(H,26,29)(H,25,27,30). The number of nitriles is 1. The Morgan fingerprint density at radius 2 is 2.03 bits per heavy atom. The molecular weight excluding hydrogens is 378 g/mol. The molecular formula is C23H21N5O2. The summed E-state index contributed by atoms with van der Waals surface area (Å²) in [7, 11) is 0. The molecule has 5 rings (SSSR count). The molecule has 1 aromatic carbocycles. The molecule has 7 heteroatoms. The van der Waals surface area contributed by atoms with E-state index in [4.69, 9.17) is 0 Å². The largest absolute Gasteiger partial charge is 0.325 e. The summed E-state index contributed by atoms with van der Waals surface area (Å²) in [5.74, 6) is 0.530. The third-order valence-electron chi connectivity index (χ3n) is 5.82. The number of amides is 2. The van der Waals surface area contributed by atoms with Gasteiger partial charge in [0.25, 0.3) is 0 Å². The Labute approximate surface area is 173 Å². The zero-order valence-electron chi connectivity index (χ0n) is 16.4. The van der Waals surface area contributed by atoms with Crippen molar-refractivity contribution in [1.82, 2.24) is 9.55 Å². The third kappa shape index (κ3) is 3.52. The molecule has 3 aromatic rings. The highest BCUT2D eigenvalue weighted by molar-refractivity contribution is 6.02. The fraction of sp³-hybridized carbons (Fsp3) is 0.304. The van der Waals surface area contributed by atoms with E-state index in [9.17, 15) is 14.9 Å². The van der Waals surface area contributed by atoms with Crippen LogP contribution in [0.4, 0.5) is 11.5 Å². The number of nitrogens with one attached hydrogen (secondary N) is 2. The molecule has 2 N–H and O–H groups in total.